The average molecular weight is 240 g/mol. The van der Waals surface area contributed by atoms with E-state index in [2.05, 4.69) is 34.3 Å². The summed E-state index contributed by atoms with van der Waals surface area (Å²) in [5, 5.41) is 0. The van der Waals surface area contributed by atoms with Gasteiger partial charge in [0.15, 0.2) is 0 Å². The zero-order valence-electron chi connectivity index (χ0n) is 5.50. The molecule has 0 unspecified atom stereocenters. The molecule has 0 nitrogen and oxygen atoms in total. The highest BCUT2D eigenvalue weighted by molar-refractivity contribution is 9.10. The monoisotopic (exact) mass is 238 g/mol. The Hall–Kier alpha value is 0.340. The molecule has 0 amide bonds. The Labute approximate surface area is 79.9 Å². The summed E-state index contributed by atoms with van der Waals surface area (Å²) in [5.74, 6) is 0. The summed E-state index contributed by atoms with van der Waals surface area (Å²) >= 11 is 5.12. The summed E-state index contributed by atoms with van der Waals surface area (Å²) in [6.45, 7) is 0. The molecule has 0 aliphatic carbocycles. The van der Waals surface area contributed by atoms with Gasteiger partial charge in [-0.2, -0.15) is 0 Å². The van der Waals surface area contributed by atoms with Crippen LogP contribution in [-0.2, 0) is 0 Å². The SMILES string of the molecule is CSc1ccc(Br)cc1.Cl. The summed E-state index contributed by atoms with van der Waals surface area (Å²) in [6.07, 6.45) is 2.07. The lowest BCUT2D eigenvalue weighted by molar-refractivity contribution is 1.45. The Morgan fingerprint density at radius 1 is 1.20 bits per heavy atom. The number of thioether (sulfide) groups is 1. The molecular weight excluding hydrogens is 232 g/mol. The second kappa shape index (κ2) is 5.05. The van der Waals surface area contributed by atoms with E-state index in [9.17, 15) is 0 Å². The number of hydrogen-bond donors (Lipinski definition) is 0. The van der Waals surface area contributed by atoms with Crippen molar-refractivity contribution in [2.45, 2.75) is 4.90 Å². The van der Waals surface area contributed by atoms with Crippen molar-refractivity contribution in [1.82, 2.24) is 0 Å². The van der Waals surface area contributed by atoms with Crippen molar-refractivity contribution in [2.75, 3.05) is 6.26 Å². The zero-order chi connectivity index (χ0) is 6.69. The molecule has 0 aliphatic rings. The van der Waals surface area contributed by atoms with Crippen molar-refractivity contribution in [3.05, 3.63) is 28.7 Å². The number of rotatable bonds is 1. The molecule has 56 valence electrons. The van der Waals surface area contributed by atoms with Crippen LogP contribution in [0.15, 0.2) is 33.6 Å². The van der Waals surface area contributed by atoms with Gasteiger partial charge in [-0.1, -0.05) is 15.9 Å². The predicted molar refractivity (Wildman–Crippen MR) is 53.2 cm³/mol. The smallest absolute Gasteiger partial charge is 0.0176 e. The van der Waals surface area contributed by atoms with E-state index in [0.29, 0.717) is 0 Å². The maximum absolute atomic E-state index is 3.37. The molecule has 0 heterocycles. The van der Waals surface area contributed by atoms with Crippen LogP contribution in [0.2, 0.25) is 0 Å². The Bertz CT molecular complexity index is 185. The summed E-state index contributed by atoms with van der Waals surface area (Å²) in [7, 11) is 0. The van der Waals surface area contributed by atoms with Crippen LogP contribution >= 0.6 is 40.1 Å². The highest BCUT2D eigenvalue weighted by Crippen LogP contribution is 2.17. The van der Waals surface area contributed by atoms with Crippen molar-refractivity contribution in [3.8, 4) is 0 Å². The van der Waals surface area contributed by atoms with E-state index in [1.54, 1.807) is 11.8 Å². The van der Waals surface area contributed by atoms with Gasteiger partial charge in [-0.3, -0.25) is 0 Å². The summed E-state index contributed by atoms with van der Waals surface area (Å²) in [4.78, 5) is 1.30. The van der Waals surface area contributed by atoms with Crippen molar-refractivity contribution >= 4 is 40.1 Å². The third-order valence-corrected chi connectivity index (χ3v) is 2.32. The Morgan fingerprint density at radius 2 is 1.70 bits per heavy atom. The van der Waals surface area contributed by atoms with Crippen molar-refractivity contribution < 1.29 is 0 Å². The average Bonchev–Trinajstić information content (AvgIpc) is 1.90. The van der Waals surface area contributed by atoms with Crippen LogP contribution in [0.3, 0.4) is 0 Å². The van der Waals surface area contributed by atoms with Crippen molar-refractivity contribution in [3.63, 3.8) is 0 Å². The minimum atomic E-state index is 0. The highest BCUT2D eigenvalue weighted by Gasteiger charge is 1.86. The first-order valence-corrected chi connectivity index (χ1v) is 4.64. The van der Waals surface area contributed by atoms with Gasteiger partial charge in [0.2, 0.25) is 0 Å². The molecule has 10 heavy (non-hydrogen) atoms. The highest BCUT2D eigenvalue weighted by atomic mass is 79.9. The normalized spacial score (nSPS) is 8.60. The van der Waals surface area contributed by atoms with E-state index in [1.807, 2.05) is 12.1 Å². The number of hydrogen-bond acceptors (Lipinski definition) is 1. The van der Waals surface area contributed by atoms with E-state index in [0.717, 1.165) is 4.47 Å². The molecule has 1 aromatic rings. The molecule has 0 atom stereocenters. The molecule has 0 N–H and O–H groups in total. The fourth-order valence-electron chi connectivity index (χ4n) is 0.571. The minimum Gasteiger partial charge on any atom is -0.147 e. The first-order valence-electron chi connectivity index (χ1n) is 2.62. The van der Waals surface area contributed by atoms with Crippen molar-refractivity contribution in [2.24, 2.45) is 0 Å². The summed E-state index contributed by atoms with van der Waals surface area (Å²) in [6, 6.07) is 8.28. The van der Waals surface area contributed by atoms with Crippen LogP contribution in [0.1, 0.15) is 0 Å². The molecule has 0 aromatic heterocycles. The van der Waals surface area contributed by atoms with E-state index < -0.39 is 0 Å². The van der Waals surface area contributed by atoms with Gasteiger partial charge in [-0.25, -0.2) is 0 Å². The van der Waals surface area contributed by atoms with Gasteiger partial charge in [-0.15, -0.1) is 24.2 Å². The first kappa shape index (κ1) is 10.3. The van der Waals surface area contributed by atoms with Crippen molar-refractivity contribution in [1.29, 1.82) is 0 Å². The molecule has 0 fully saturated rings. The Morgan fingerprint density at radius 3 is 2.10 bits per heavy atom. The quantitative estimate of drug-likeness (QED) is 0.675. The zero-order valence-corrected chi connectivity index (χ0v) is 8.72. The van der Waals surface area contributed by atoms with E-state index >= 15 is 0 Å². The largest absolute Gasteiger partial charge is 0.147 e. The van der Waals surface area contributed by atoms with Crippen LogP contribution in [0, 0.1) is 0 Å². The lowest BCUT2D eigenvalue weighted by Gasteiger charge is -1.92. The van der Waals surface area contributed by atoms with Crippen LogP contribution in [-0.4, -0.2) is 6.26 Å². The van der Waals surface area contributed by atoms with Gasteiger partial charge in [0.25, 0.3) is 0 Å². The molecule has 0 aliphatic heterocycles. The summed E-state index contributed by atoms with van der Waals surface area (Å²) < 4.78 is 1.14. The van der Waals surface area contributed by atoms with E-state index in [4.69, 9.17) is 0 Å². The third-order valence-electron chi connectivity index (χ3n) is 1.05. The topological polar surface area (TPSA) is 0 Å². The van der Waals surface area contributed by atoms with E-state index in [-0.39, 0.29) is 12.4 Å². The standard InChI is InChI=1S/C7H7BrS.ClH/c1-9-7-4-2-6(8)3-5-7;/h2-5H,1H3;1H. The van der Waals surface area contributed by atoms with Crippen LogP contribution in [0.4, 0.5) is 0 Å². The molecule has 1 rings (SSSR count). The van der Waals surface area contributed by atoms with Gasteiger partial charge < -0.3 is 0 Å². The fraction of sp³-hybridized carbons (Fsp3) is 0.143. The van der Waals surface area contributed by atoms with Gasteiger partial charge in [0, 0.05) is 9.37 Å². The molecule has 0 spiro atoms. The maximum atomic E-state index is 3.37. The predicted octanol–water partition coefficient (Wildman–Crippen LogP) is 3.59. The second-order valence-corrected chi connectivity index (χ2v) is 3.45. The molecule has 0 bridgehead atoms. The van der Waals surface area contributed by atoms with Gasteiger partial charge in [0.05, 0.1) is 0 Å². The van der Waals surface area contributed by atoms with Crippen LogP contribution in [0.5, 0.6) is 0 Å². The minimum absolute atomic E-state index is 0. The summed E-state index contributed by atoms with van der Waals surface area (Å²) in [5.41, 5.74) is 0. The number of halogens is 2. The molecule has 0 radical (unpaired) electrons. The second-order valence-electron chi connectivity index (χ2n) is 1.66. The first-order chi connectivity index (χ1) is 4.33. The Balaban J connectivity index is 0.000000810. The molecule has 0 saturated heterocycles. The third kappa shape index (κ3) is 2.95. The fourth-order valence-corrected chi connectivity index (χ4v) is 1.24. The molecular formula is C7H8BrClS. The van der Waals surface area contributed by atoms with Gasteiger partial charge in [-0.05, 0) is 30.5 Å². The van der Waals surface area contributed by atoms with Crippen LogP contribution in [0.25, 0.3) is 0 Å². The lowest BCUT2D eigenvalue weighted by atomic mass is 10.4. The lowest BCUT2D eigenvalue weighted by Crippen LogP contribution is -1.66. The molecule has 0 saturated carbocycles. The number of benzene rings is 1. The Kier molecular flexibility index (Phi) is 5.22. The maximum Gasteiger partial charge on any atom is 0.0176 e. The van der Waals surface area contributed by atoms with Gasteiger partial charge in [0.1, 0.15) is 0 Å². The van der Waals surface area contributed by atoms with Gasteiger partial charge >= 0.3 is 0 Å². The molecule has 1 aromatic carbocycles. The molecule has 3 heteroatoms. The van der Waals surface area contributed by atoms with E-state index in [1.165, 1.54) is 4.90 Å². The van der Waals surface area contributed by atoms with Crippen LogP contribution < -0.4 is 0 Å².